The van der Waals surface area contributed by atoms with Gasteiger partial charge in [-0.3, -0.25) is 9.10 Å². The summed E-state index contributed by atoms with van der Waals surface area (Å²) in [7, 11) is -6.12. The van der Waals surface area contributed by atoms with Gasteiger partial charge in [-0.05, 0) is 73.5 Å². The molecule has 0 spiro atoms. The van der Waals surface area contributed by atoms with Crippen LogP contribution in [-0.2, 0) is 24.8 Å². The number of anilines is 2. The Morgan fingerprint density at radius 3 is 2.06 bits per heavy atom. The molecule has 1 N–H and O–H groups in total. The molecule has 1 aliphatic rings. The van der Waals surface area contributed by atoms with Crippen LogP contribution in [0.1, 0.15) is 12.8 Å². The number of sulfonamides is 2. The molecule has 1 heterocycles. The molecular formula is C25H27N3O6S2. The second kappa shape index (κ2) is 10.7. The van der Waals surface area contributed by atoms with Crippen LogP contribution in [0.25, 0.3) is 0 Å². The molecule has 3 aromatic rings. The first-order chi connectivity index (χ1) is 17.2. The molecule has 36 heavy (non-hydrogen) atoms. The van der Waals surface area contributed by atoms with Crippen LogP contribution in [0.15, 0.2) is 88.7 Å². The topological polar surface area (TPSA) is 113 Å². The van der Waals surface area contributed by atoms with Crippen molar-refractivity contribution in [3.63, 3.8) is 0 Å². The van der Waals surface area contributed by atoms with Gasteiger partial charge >= 0.3 is 0 Å². The number of rotatable bonds is 9. The normalized spacial score (nSPS) is 14.4. The fourth-order valence-corrected chi connectivity index (χ4v) is 6.86. The number of nitrogens with one attached hydrogen (secondary N) is 1. The lowest BCUT2D eigenvalue weighted by atomic mass is 10.3. The molecule has 11 heteroatoms. The smallest absolute Gasteiger partial charge is 0.264 e. The molecule has 1 saturated heterocycles. The van der Waals surface area contributed by atoms with Gasteiger partial charge in [0.2, 0.25) is 15.9 Å². The van der Waals surface area contributed by atoms with Crippen LogP contribution in [0.2, 0.25) is 0 Å². The van der Waals surface area contributed by atoms with E-state index in [0.717, 1.165) is 17.1 Å². The number of hydrogen-bond acceptors (Lipinski definition) is 6. The number of carbonyl (C=O) groups excluding carboxylic acids is 1. The largest absolute Gasteiger partial charge is 0.497 e. The van der Waals surface area contributed by atoms with Crippen LogP contribution in [-0.4, -0.2) is 53.8 Å². The maximum atomic E-state index is 13.4. The van der Waals surface area contributed by atoms with Gasteiger partial charge in [-0.25, -0.2) is 16.8 Å². The predicted molar refractivity (Wildman–Crippen MR) is 137 cm³/mol. The highest BCUT2D eigenvalue weighted by atomic mass is 32.2. The minimum Gasteiger partial charge on any atom is -0.497 e. The van der Waals surface area contributed by atoms with Crippen molar-refractivity contribution in [2.75, 3.05) is 36.4 Å². The van der Waals surface area contributed by atoms with Crippen molar-refractivity contribution in [1.29, 1.82) is 0 Å². The summed E-state index contributed by atoms with van der Waals surface area (Å²) in [6, 6.07) is 20.0. The lowest BCUT2D eigenvalue weighted by Crippen LogP contribution is -2.38. The highest BCUT2D eigenvalue weighted by Crippen LogP contribution is 2.26. The quantitative estimate of drug-likeness (QED) is 0.455. The maximum Gasteiger partial charge on any atom is 0.264 e. The Kier molecular flexibility index (Phi) is 7.62. The molecule has 0 saturated carbocycles. The van der Waals surface area contributed by atoms with Gasteiger partial charge in [-0.2, -0.15) is 4.31 Å². The zero-order chi connectivity index (χ0) is 25.8. The van der Waals surface area contributed by atoms with Gasteiger partial charge in [-0.1, -0.05) is 18.2 Å². The van der Waals surface area contributed by atoms with Crippen LogP contribution < -0.4 is 14.4 Å². The van der Waals surface area contributed by atoms with E-state index in [9.17, 15) is 21.6 Å². The molecule has 9 nitrogen and oxygen atoms in total. The third kappa shape index (κ3) is 5.53. The second-order valence-corrected chi connectivity index (χ2v) is 12.0. The molecule has 0 atom stereocenters. The van der Waals surface area contributed by atoms with Crippen molar-refractivity contribution in [3.05, 3.63) is 78.9 Å². The first-order valence-corrected chi connectivity index (χ1v) is 14.2. The number of carbonyl (C=O) groups is 1. The molecule has 1 amide bonds. The molecule has 190 valence electrons. The molecule has 0 aliphatic carbocycles. The van der Waals surface area contributed by atoms with Crippen LogP contribution in [0.5, 0.6) is 5.75 Å². The molecular weight excluding hydrogens is 502 g/mol. The number of benzene rings is 3. The van der Waals surface area contributed by atoms with E-state index in [0.29, 0.717) is 30.2 Å². The van der Waals surface area contributed by atoms with Gasteiger partial charge in [-0.15, -0.1) is 0 Å². The lowest BCUT2D eigenvalue weighted by molar-refractivity contribution is -0.114. The number of methoxy groups -OCH3 is 1. The summed E-state index contributed by atoms with van der Waals surface area (Å²) in [4.78, 5) is 13.1. The fraction of sp³-hybridized carbons (Fsp3) is 0.240. The molecule has 1 fully saturated rings. The van der Waals surface area contributed by atoms with Crippen LogP contribution >= 0.6 is 0 Å². The van der Waals surface area contributed by atoms with Gasteiger partial charge in [0.25, 0.3) is 10.0 Å². The number of nitrogens with zero attached hydrogens (tertiary/aromatic N) is 2. The van der Waals surface area contributed by atoms with E-state index in [4.69, 9.17) is 4.74 Å². The van der Waals surface area contributed by atoms with E-state index >= 15 is 0 Å². The van der Waals surface area contributed by atoms with Crippen molar-refractivity contribution in [2.24, 2.45) is 0 Å². The molecule has 0 unspecified atom stereocenters. The SMILES string of the molecule is COc1ccc(N(CC(=O)Nc2ccc(S(=O)(=O)N3CCCC3)cc2)S(=O)(=O)c2ccccc2)cc1. The Morgan fingerprint density at radius 1 is 0.861 bits per heavy atom. The van der Waals surface area contributed by atoms with Crippen molar-refractivity contribution in [2.45, 2.75) is 22.6 Å². The number of amides is 1. The third-order valence-electron chi connectivity index (χ3n) is 5.82. The molecule has 0 radical (unpaired) electrons. The summed E-state index contributed by atoms with van der Waals surface area (Å²) in [5, 5.41) is 2.66. The van der Waals surface area contributed by atoms with Crippen molar-refractivity contribution in [3.8, 4) is 5.75 Å². The number of hydrogen-bond donors (Lipinski definition) is 1. The van der Waals surface area contributed by atoms with Gasteiger partial charge in [0, 0.05) is 18.8 Å². The van der Waals surface area contributed by atoms with Gasteiger partial charge in [0.05, 0.1) is 22.6 Å². The Labute approximate surface area is 211 Å². The predicted octanol–water partition coefficient (Wildman–Crippen LogP) is 3.31. The average Bonchev–Trinajstić information content (AvgIpc) is 3.44. The molecule has 0 aromatic heterocycles. The minimum atomic E-state index is -4.05. The fourth-order valence-electron chi connectivity index (χ4n) is 3.90. The first kappa shape index (κ1) is 25.7. The van der Waals surface area contributed by atoms with Gasteiger partial charge < -0.3 is 10.1 Å². The minimum absolute atomic E-state index is 0.0464. The van der Waals surface area contributed by atoms with Crippen LogP contribution in [0.4, 0.5) is 11.4 Å². The highest BCUT2D eigenvalue weighted by molar-refractivity contribution is 7.92. The Balaban J connectivity index is 1.54. The average molecular weight is 530 g/mol. The summed E-state index contributed by atoms with van der Waals surface area (Å²) in [6.45, 7) is 0.507. The summed E-state index contributed by atoms with van der Waals surface area (Å²) in [5.41, 5.74) is 0.647. The van der Waals surface area contributed by atoms with Crippen LogP contribution in [0.3, 0.4) is 0 Å². The summed E-state index contributed by atoms with van der Waals surface area (Å²) in [5.74, 6) is -0.0373. The maximum absolute atomic E-state index is 13.4. The Bertz CT molecular complexity index is 1400. The van der Waals surface area contributed by atoms with Crippen LogP contribution in [0, 0.1) is 0 Å². The standard InChI is InChI=1S/C25H27N3O6S2/c1-34-22-13-11-21(12-14-22)28(36(32,33)23-7-3-2-4-8-23)19-25(29)26-20-9-15-24(16-10-20)35(30,31)27-17-5-6-18-27/h2-4,7-16H,5-6,17-19H2,1H3,(H,26,29). The van der Waals surface area contributed by atoms with E-state index < -0.39 is 32.5 Å². The zero-order valence-electron chi connectivity index (χ0n) is 19.7. The van der Waals surface area contributed by atoms with E-state index in [-0.39, 0.29) is 9.79 Å². The van der Waals surface area contributed by atoms with Crippen molar-refractivity contribution < 1.29 is 26.4 Å². The van der Waals surface area contributed by atoms with E-state index in [2.05, 4.69) is 5.32 Å². The zero-order valence-corrected chi connectivity index (χ0v) is 21.3. The highest BCUT2D eigenvalue weighted by Gasteiger charge is 2.28. The number of ether oxygens (including phenoxy) is 1. The summed E-state index contributed by atoms with van der Waals surface area (Å²) in [6.07, 6.45) is 1.67. The van der Waals surface area contributed by atoms with Crippen molar-refractivity contribution >= 4 is 37.3 Å². The molecule has 3 aromatic carbocycles. The third-order valence-corrected chi connectivity index (χ3v) is 9.52. The first-order valence-electron chi connectivity index (χ1n) is 11.3. The lowest BCUT2D eigenvalue weighted by Gasteiger charge is -2.24. The molecule has 1 aliphatic heterocycles. The monoisotopic (exact) mass is 529 g/mol. The Hall–Kier alpha value is -3.41. The van der Waals surface area contributed by atoms with Gasteiger partial charge in [0.15, 0.2) is 0 Å². The van der Waals surface area contributed by atoms with Crippen molar-refractivity contribution in [1.82, 2.24) is 4.31 Å². The van der Waals surface area contributed by atoms with Gasteiger partial charge in [0.1, 0.15) is 12.3 Å². The summed E-state index contributed by atoms with van der Waals surface area (Å²) < 4.78 is 59.8. The molecule has 4 rings (SSSR count). The second-order valence-electron chi connectivity index (χ2n) is 8.21. The summed E-state index contributed by atoms with van der Waals surface area (Å²) >= 11 is 0. The van der Waals surface area contributed by atoms with E-state index in [1.807, 2.05) is 0 Å². The molecule has 0 bridgehead atoms. The van der Waals surface area contributed by atoms with E-state index in [1.165, 1.54) is 47.8 Å². The van der Waals surface area contributed by atoms with E-state index in [1.54, 1.807) is 42.5 Å². The Morgan fingerprint density at radius 2 is 1.47 bits per heavy atom.